The van der Waals surface area contributed by atoms with E-state index in [1.165, 1.54) is 11.3 Å². The zero-order chi connectivity index (χ0) is 14.1. The Morgan fingerprint density at radius 3 is 2.65 bits per heavy atom. The van der Waals surface area contributed by atoms with Crippen molar-refractivity contribution in [1.82, 2.24) is 9.97 Å². The third kappa shape index (κ3) is 2.10. The van der Waals surface area contributed by atoms with Crippen LogP contribution in [0, 0.1) is 6.92 Å². The summed E-state index contributed by atoms with van der Waals surface area (Å²) in [4.78, 5) is 20.2. The van der Waals surface area contributed by atoms with Gasteiger partial charge in [-0.1, -0.05) is 18.2 Å². The Balaban J connectivity index is 2.18. The number of carboxylic acid groups (broad SMARTS) is 1. The molecule has 1 N–H and O–H groups in total. The molecule has 0 radical (unpaired) electrons. The van der Waals surface area contributed by atoms with Crippen LogP contribution in [0.25, 0.3) is 22.1 Å². The monoisotopic (exact) mass is 286 g/mol. The Labute approximate surface area is 118 Å². The minimum Gasteiger partial charge on any atom is -0.476 e. The lowest BCUT2D eigenvalue weighted by Gasteiger charge is -1.95. The van der Waals surface area contributed by atoms with Crippen molar-refractivity contribution in [3.8, 4) is 22.1 Å². The molecule has 6 heteroatoms. The average Bonchev–Trinajstić information content (AvgIpc) is 3.05. The molecule has 0 amide bonds. The molecule has 0 fully saturated rings. The standard InChI is InChI=1S/C14H10N2O3S/c1-8-12(20-7-15-8)11-10(14(17)18)16-13(19-11)9-5-3-2-4-6-9/h2-7H,1H3,(H,17,18). The Morgan fingerprint density at radius 2 is 2.05 bits per heavy atom. The van der Waals surface area contributed by atoms with Gasteiger partial charge in [-0.05, 0) is 19.1 Å². The summed E-state index contributed by atoms with van der Waals surface area (Å²) in [6.45, 7) is 1.81. The van der Waals surface area contributed by atoms with Crippen molar-refractivity contribution in [3.63, 3.8) is 0 Å². The molecule has 0 aliphatic rings. The minimum atomic E-state index is -1.11. The second kappa shape index (κ2) is 4.90. The van der Waals surface area contributed by atoms with Crippen molar-refractivity contribution in [1.29, 1.82) is 0 Å². The molecular formula is C14H10N2O3S. The lowest BCUT2D eigenvalue weighted by molar-refractivity contribution is 0.0691. The highest BCUT2D eigenvalue weighted by molar-refractivity contribution is 7.13. The maximum Gasteiger partial charge on any atom is 0.358 e. The van der Waals surface area contributed by atoms with Gasteiger partial charge in [-0.2, -0.15) is 0 Å². The van der Waals surface area contributed by atoms with Crippen LogP contribution in [0.5, 0.6) is 0 Å². The number of hydrogen-bond donors (Lipinski definition) is 1. The van der Waals surface area contributed by atoms with Gasteiger partial charge in [0.25, 0.3) is 0 Å². The van der Waals surface area contributed by atoms with Crippen molar-refractivity contribution >= 4 is 17.3 Å². The topological polar surface area (TPSA) is 76.2 Å². The molecule has 0 aliphatic carbocycles. The fourth-order valence-corrected chi connectivity index (χ4v) is 2.63. The molecule has 20 heavy (non-hydrogen) atoms. The summed E-state index contributed by atoms with van der Waals surface area (Å²) in [6.07, 6.45) is 0. The van der Waals surface area contributed by atoms with Gasteiger partial charge in [0.05, 0.1) is 16.1 Å². The van der Waals surface area contributed by atoms with Gasteiger partial charge in [0.1, 0.15) is 0 Å². The van der Waals surface area contributed by atoms with Crippen molar-refractivity contribution in [2.75, 3.05) is 0 Å². The molecule has 100 valence electrons. The smallest absolute Gasteiger partial charge is 0.358 e. The predicted molar refractivity (Wildman–Crippen MR) is 74.7 cm³/mol. The van der Waals surface area contributed by atoms with Crippen LogP contribution in [0.2, 0.25) is 0 Å². The maximum absolute atomic E-state index is 11.3. The van der Waals surface area contributed by atoms with Gasteiger partial charge in [-0.15, -0.1) is 11.3 Å². The third-order valence-corrected chi connectivity index (χ3v) is 3.73. The number of aromatic nitrogens is 2. The normalized spacial score (nSPS) is 10.7. The van der Waals surface area contributed by atoms with Gasteiger partial charge < -0.3 is 9.52 Å². The van der Waals surface area contributed by atoms with Crippen LogP contribution in [0.15, 0.2) is 40.3 Å². The summed E-state index contributed by atoms with van der Waals surface area (Å²) in [7, 11) is 0. The maximum atomic E-state index is 11.3. The number of carboxylic acids is 1. The molecule has 3 aromatic rings. The number of aromatic carboxylic acids is 1. The lowest BCUT2D eigenvalue weighted by atomic mass is 10.2. The summed E-state index contributed by atoms with van der Waals surface area (Å²) in [5, 5.41) is 9.28. The van der Waals surface area contributed by atoms with Gasteiger partial charge in [0.15, 0.2) is 11.5 Å². The van der Waals surface area contributed by atoms with Crippen LogP contribution in [0.1, 0.15) is 16.2 Å². The van der Waals surface area contributed by atoms with Gasteiger partial charge in [-0.3, -0.25) is 0 Å². The number of hydrogen-bond acceptors (Lipinski definition) is 5. The van der Waals surface area contributed by atoms with Gasteiger partial charge in [0, 0.05) is 5.56 Å². The van der Waals surface area contributed by atoms with E-state index in [0.29, 0.717) is 10.8 Å². The second-order valence-electron chi connectivity index (χ2n) is 4.13. The van der Waals surface area contributed by atoms with Gasteiger partial charge >= 0.3 is 5.97 Å². The van der Waals surface area contributed by atoms with Crippen LogP contribution in [0.4, 0.5) is 0 Å². The van der Waals surface area contributed by atoms with Crippen molar-refractivity contribution in [2.45, 2.75) is 6.92 Å². The van der Waals surface area contributed by atoms with Crippen molar-refractivity contribution in [3.05, 3.63) is 47.2 Å². The number of benzene rings is 1. The van der Waals surface area contributed by atoms with Crippen LogP contribution in [0.3, 0.4) is 0 Å². The summed E-state index contributed by atoms with van der Waals surface area (Å²) in [6, 6.07) is 9.20. The average molecular weight is 286 g/mol. The molecule has 0 spiro atoms. The molecule has 0 saturated heterocycles. The molecule has 0 aliphatic heterocycles. The summed E-state index contributed by atoms with van der Waals surface area (Å²) in [5.41, 5.74) is 3.04. The fraction of sp³-hybridized carbons (Fsp3) is 0.0714. The first-order valence-electron chi connectivity index (χ1n) is 5.87. The molecule has 0 saturated carbocycles. The first kappa shape index (κ1) is 12.6. The van der Waals surface area contributed by atoms with Gasteiger partial charge in [-0.25, -0.2) is 14.8 Å². The van der Waals surface area contributed by atoms with E-state index in [0.717, 1.165) is 11.3 Å². The zero-order valence-corrected chi connectivity index (χ0v) is 11.3. The molecule has 2 heterocycles. The molecule has 1 aromatic carbocycles. The summed E-state index contributed by atoms with van der Waals surface area (Å²) >= 11 is 1.33. The van der Waals surface area contributed by atoms with E-state index in [9.17, 15) is 9.90 Å². The van der Waals surface area contributed by atoms with Crippen LogP contribution in [-0.2, 0) is 0 Å². The van der Waals surface area contributed by atoms with E-state index >= 15 is 0 Å². The van der Waals surface area contributed by atoms with E-state index in [4.69, 9.17) is 4.42 Å². The van der Waals surface area contributed by atoms with E-state index in [1.54, 1.807) is 5.51 Å². The van der Waals surface area contributed by atoms with Crippen molar-refractivity contribution < 1.29 is 14.3 Å². The van der Waals surface area contributed by atoms with Crippen molar-refractivity contribution in [2.24, 2.45) is 0 Å². The Kier molecular flexibility index (Phi) is 3.08. The van der Waals surface area contributed by atoms with E-state index in [2.05, 4.69) is 9.97 Å². The highest BCUT2D eigenvalue weighted by Gasteiger charge is 2.23. The second-order valence-corrected chi connectivity index (χ2v) is 4.99. The first-order valence-corrected chi connectivity index (χ1v) is 6.75. The van der Waals surface area contributed by atoms with E-state index in [-0.39, 0.29) is 11.5 Å². The van der Waals surface area contributed by atoms with Crippen LogP contribution >= 0.6 is 11.3 Å². The minimum absolute atomic E-state index is 0.0868. The molecule has 3 rings (SSSR count). The molecule has 0 bridgehead atoms. The number of oxazole rings is 1. The summed E-state index contributed by atoms with van der Waals surface area (Å²) < 4.78 is 5.67. The largest absolute Gasteiger partial charge is 0.476 e. The number of aryl methyl sites for hydroxylation is 1. The Morgan fingerprint density at radius 1 is 1.30 bits per heavy atom. The van der Waals surface area contributed by atoms with Crippen LogP contribution < -0.4 is 0 Å². The number of nitrogens with zero attached hydrogens (tertiary/aromatic N) is 2. The quantitative estimate of drug-likeness (QED) is 0.797. The highest BCUT2D eigenvalue weighted by Crippen LogP contribution is 2.33. The molecule has 0 atom stereocenters. The fourth-order valence-electron chi connectivity index (χ4n) is 1.84. The van der Waals surface area contributed by atoms with Crippen LogP contribution in [-0.4, -0.2) is 21.0 Å². The SMILES string of the molecule is Cc1ncsc1-c1oc(-c2ccccc2)nc1C(=O)O. The molecule has 5 nitrogen and oxygen atoms in total. The highest BCUT2D eigenvalue weighted by atomic mass is 32.1. The first-order chi connectivity index (χ1) is 9.66. The lowest BCUT2D eigenvalue weighted by Crippen LogP contribution is -1.98. The molecule has 2 aromatic heterocycles. The molecule has 0 unspecified atom stereocenters. The predicted octanol–water partition coefficient (Wildman–Crippen LogP) is 3.47. The molecular weight excluding hydrogens is 276 g/mol. The van der Waals surface area contributed by atoms with Gasteiger partial charge in [0.2, 0.25) is 5.89 Å². The Hall–Kier alpha value is -2.47. The number of rotatable bonds is 3. The number of carbonyl (C=O) groups is 1. The zero-order valence-electron chi connectivity index (χ0n) is 10.5. The summed E-state index contributed by atoms with van der Waals surface area (Å²) in [5.74, 6) is -0.555. The Bertz CT molecular complexity index is 762. The third-order valence-electron chi connectivity index (χ3n) is 2.80. The van der Waals surface area contributed by atoms with E-state index in [1.807, 2.05) is 37.3 Å². The number of thiazole rings is 1. The van der Waals surface area contributed by atoms with E-state index < -0.39 is 5.97 Å².